The third kappa shape index (κ3) is 3.46. The summed E-state index contributed by atoms with van der Waals surface area (Å²) < 4.78 is 1.46. The van der Waals surface area contributed by atoms with Gasteiger partial charge in [-0.25, -0.2) is 0 Å². The molecular weight excluding hydrogens is 312 g/mol. The molecule has 2 N–H and O–H groups in total. The summed E-state index contributed by atoms with van der Waals surface area (Å²) in [7, 11) is 1.67. The lowest BCUT2D eigenvalue weighted by molar-refractivity contribution is 0.101. The molecule has 3 aromatic rings. The minimum absolute atomic E-state index is 0.224. The highest BCUT2D eigenvalue weighted by Gasteiger charge is 2.15. The van der Waals surface area contributed by atoms with Gasteiger partial charge in [0.25, 0.3) is 11.8 Å². The van der Waals surface area contributed by atoms with Crippen LogP contribution in [0, 0.1) is 0 Å². The van der Waals surface area contributed by atoms with Gasteiger partial charge in [-0.05, 0) is 23.6 Å². The Hall–Kier alpha value is -2.93. The van der Waals surface area contributed by atoms with Gasteiger partial charge in [0.2, 0.25) is 0 Å². The fraction of sp³-hybridized carbons (Fsp3) is 0.0625. The van der Waals surface area contributed by atoms with E-state index < -0.39 is 0 Å². The van der Waals surface area contributed by atoms with Crippen LogP contribution in [0.2, 0.25) is 0 Å². The molecule has 23 heavy (non-hydrogen) atoms. The minimum atomic E-state index is -0.330. The molecule has 0 aliphatic rings. The van der Waals surface area contributed by atoms with Crippen LogP contribution in [0.1, 0.15) is 20.2 Å². The van der Waals surface area contributed by atoms with Crippen molar-refractivity contribution in [2.75, 3.05) is 10.6 Å². The monoisotopic (exact) mass is 326 g/mol. The van der Waals surface area contributed by atoms with Crippen molar-refractivity contribution in [1.29, 1.82) is 0 Å². The maximum atomic E-state index is 12.2. The van der Waals surface area contributed by atoms with Gasteiger partial charge in [-0.15, -0.1) is 11.3 Å². The van der Waals surface area contributed by atoms with E-state index in [1.807, 2.05) is 29.6 Å². The van der Waals surface area contributed by atoms with Crippen LogP contribution in [0.15, 0.2) is 53.9 Å². The summed E-state index contributed by atoms with van der Waals surface area (Å²) in [6.45, 7) is 0. The molecule has 6 nitrogen and oxygen atoms in total. The molecule has 0 saturated carbocycles. The number of hydrogen-bond donors (Lipinski definition) is 2. The Labute approximate surface area is 136 Å². The zero-order valence-corrected chi connectivity index (χ0v) is 13.1. The molecule has 3 rings (SSSR count). The molecular formula is C16H14N4O2S. The highest BCUT2D eigenvalue weighted by atomic mass is 32.1. The van der Waals surface area contributed by atoms with E-state index >= 15 is 0 Å². The van der Waals surface area contributed by atoms with Crippen molar-refractivity contribution in [1.82, 2.24) is 9.78 Å². The van der Waals surface area contributed by atoms with Crippen molar-refractivity contribution in [3.05, 3.63) is 64.5 Å². The van der Waals surface area contributed by atoms with Gasteiger partial charge in [-0.3, -0.25) is 14.3 Å². The summed E-state index contributed by atoms with van der Waals surface area (Å²) in [5, 5.41) is 11.5. The maximum Gasteiger partial charge on any atom is 0.276 e. The molecule has 0 atom stereocenters. The Kier molecular flexibility index (Phi) is 4.20. The number of carbonyl (C=O) groups excluding carboxylic acids is 2. The lowest BCUT2D eigenvalue weighted by atomic mass is 10.3. The SMILES string of the molecule is Cn1nc(C(=O)Nc2ccccc2)cc1NC(=O)c1cccs1. The molecule has 2 aromatic heterocycles. The van der Waals surface area contributed by atoms with Crippen LogP contribution in [0.25, 0.3) is 0 Å². The van der Waals surface area contributed by atoms with Crippen molar-refractivity contribution < 1.29 is 9.59 Å². The first-order valence-corrected chi connectivity index (χ1v) is 7.77. The number of amides is 2. The van der Waals surface area contributed by atoms with Crippen LogP contribution < -0.4 is 10.6 Å². The maximum absolute atomic E-state index is 12.2. The van der Waals surface area contributed by atoms with Crippen molar-refractivity contribution in [3.8, 4) is 0 Å². The van der Waals surface area contributed by atoms with Crippen LogP contribution in [0.5, 0.6) is 0 Å². The first-order chi connectivity index (χ1) is 11.1. The number of benzene rings is 1. The molecule has 7 heteroatoms. The average Bonchev–Trinajstić information content (AvgIpc) is 3.19. The van der Waals surface area contributed by atoms with E-state index in [0.717, 1.165) is 0 Å². The van der Waals surface area contributed by atoms with Crippen LogP contribution in [-0.2, 0) is 7.05 Å². The highest BCUT2D eigenvalue weighted by molar-refractivity contribution is 7.12. The lowest BCUT2D eigenvalue weighted by Crippen LogP contribution is -2.13. The summed E-state index contributed by atoms with van der Waals surface area (Å²) in [5.74, 6) is -0.0944. The van der Waals surface area contributed by atoms with Crippen LogP contribution in [0.4, 0.5) is 11.5 Å². The predicted octanol–water partition coefficient (Wildman–Crippen LogP) is 2.99. The molecule has 0 spiro atoms. The van der Waals surface area contributed by atoms with Gasteiger partial charge >= 0.3 is 0 Å². The average molecular weight is 326 g/mol. The van der Waals surface area contributed by atoms with E-state index in [1.54, 1.807) is 31.3 Å². The zero-order chi connectivity index (χ0) is 16.2. The number of hydrogen-bond acceptors (Lipinski definition) is 4. The van der Waals surface area contributed by atoms with Crippen molar-refractivity contribution in [2.24, 2.45) is 7.05 Å². The minimum Gasteiger partial charge on any atom is -0.321 e. The van der Waals surface area contributed by atoms with Crippen molar-refractivity contribution >= 4 is 34.7 Å². The Morgan fingerprint density at radius 2 is 1.83 bits per heavy atom. The number of thiophene rings is 1. The number of anilines is 2. The van der Waals surface area contributed by atoms with E-state index in [9.17, 15) is 9.59 Å². The molecule has 0 fully saturated rings. The smallest absolute Gasteiger partial charge is 0.276 e. The van der Waals surface area contributed by atoms with E-state index in [4.69, 9.17) is 0 Å². The van der Waals surface area contributed by atoms with Crippen LogP contribution in [-0.4, -0.2) is 21.6 Å². The summed E-state index contributed by atoms with van der Waals surface area (Å²) in [4.78, 5) is 24.9. The molecule has 0 aliphatic heterocycles. The van der Waals surface area contributed by atoms with Crippen molar-refractivity contribution in [2.45, 2.75) is 0 Å². The topological polar surface area (TPSA) is 76.0 Å². The normalized spacial score (nSPS) is 10.3. The molecule has 2 amide bonds. The second-order valence-electron chi connectivity index (χ2n) is 4.79. The van der Waals surface area contributed by atoms with Gasteiger partial charge in [-0.2, -0.15) is 5.10 Å². The van der Waals surface area contributed by atoms with Gasteiger partial charge < -0.3 is 10.6 Å². The molecule has 0 radical (unpaired) electrons. The zero-order valence-electron chi connectivity index (χ0n) is 12.3. The number of para-hydroxylation sites is 1. The number of rotatable bonds is 4. The summed E-state index contributed by atoms with van der Waals surface area (Å²) >= 11 is 1.35. The first-order valence-electron chi connectivity index (χ1n) is 6.89. The van der Waals surface area contributed by atoms with E-state index in [0.29, 0.717) is 16.4 Å². The Bertz CT molecular complexity index is 825. The number of carbonyl (C=O) groups is 2. The number of aryl methyl sites for hydroxylation is 1. The standard InChI is InChI=1S/C16H14N4O2S/c1-20-14(18-16(22)13-8-5-9-23-13)10-12(19-20)15(21)17-11-6-3-2-4-7-11/h2-10H,1H3,(H,17,21)(H,18,22). The van der Waals surface area contributed by atoms with Crippen LogP contribution >= 0.6 is 11.3 Å². The number of nitrogens with zero attached hydrogens (tertiary/aromatic N) is 2. The fourth-order valence-electron chi connectivity index (χ4n) is 2.00. The predicted molar refractivity (Wildman–Crippen MR) is 89.9 cm³/mol. The Morgan fingerprint density at radius 3 is 2.52 bits per heavy atom. The van der Waals surface area contributed by atoms with Crippen LogP contribution in [0.3, 0.4) is 0 Å². The largest absolute Gasteiger partial charge is 0.321 e. The third-order valence-corrected chi connectivity index (χ3v) is 4.00. The van der Waals surface area contributed by atoms with Gasteiger partial charge in [0.05, 0.1) is 4.88 Å². The van der Waals surface area contributed by atoms with Gasteiger partial charge in [0, 0.05) is 18.8 Å². The third-order valence-electron chi connectivity index (χ3n) is 3.13. The second kappa shape index (κ2) is 6.45. The molecule has 0 aliphatic carbocycles. The summed E-state index contributed by atoms with van der Waals surface area (Å²) in [6, 6.07) is 14.2. The van der Waals surface area contributed by atoms with E-state index in [2.05, 4.69) is 15.7 Å². The van der Waals surface area contributed by atoms with E-state index in [1.165, 1.54) is 16.0 Å². The molecule has 116 valence electrons. The second-order valence-corrected chi connectivity index (χ2v) is 5.74. The molecule has 0 unspecified atom stereocenters. The van der Waals surface area contributed by atoms with Gasteiger partial charge in [0.15, 0.2) is 5.69 Å². The highest BCUT2D eigenvalue weighted by Crippen LogP contribution is 2.15. The quantitative estimate of drug-likeness (QED) is 0.774. The summed E-state index contributed by atoms with van der Waals surface area (Å²) in [5.41, 5.74) is 0.921. The van der Waals surface area contributed by atoms with Crippen molar-refractivity contribution in [3.63, 3.8) is 0 Å². The molecule has 2 heterocycles. The molecule has 1 aromatic carbocycles. The Balaban J connectivity index is 1.73. The fourth-order valence-corrected chi connectivity index (χ4v) is 2.62. The van der Waals surface area contributed by atoms with Gasteiger partial charge in [-0.1, -0.05) is 24.3 Å². The molecule has 0 bridgehead atoms. The number of aromatic nitrogens is 2. The van der Waals surface area contributed by atoms with E-state index in [-0.39, 0.29) is 17.5 Å². The first kappa shape index (κ1) is 15.0. The lowest BCUT2D eigenvalue weighted by Gasteiger charge is -2.02. The number of nitrogens with one attached hydrogen (secondary N) is 2. The summed E-state index contributed by atoms with van der Waals surface area (Å²) in [6.07, 6.45) is 0. The molecule has 0 saturated heterocycles. The van der Waals surface area contributed by atoms with Gasteiger partial charge in [0.1, 0.15) is 5.82 Å². The Morgan fingerprint density at radius 1 is 1.04 bits per heavy atom.